The normalized spacial score (nSPS) is 11.2. The molecule has 0 fully saturated rings. The number of hydrogen-bond acceptors (Lipinski definition) is 5. The maximum Gasteiger partial charge on any atom is 0.240 e. The van der Waals surface area contributed by atoms with E-state index >= 15 is 0 Å². The summed E-state index contributed by atoms with van der Waals surface area (Å²) >= 11 is 5.99. The highest BCUT2D eigenvalue weighted by Crippen LogP contribution is 2.36. The summed E-state index contributed by atoms with van der Waals surface area (Å²) in [5.41, 5.74) is 6.85. The third-order valence-corrected chi connectivity index (χ3v) is 2.92. The van der Waals surface area contributed by atoms with Gasteiger partial charge in [-0.05, 0) is 23.6 Å². The Morgan fingerprint density at radius 2 is 2.17 bits per heavy atom. The minimum absolute atomic E-state index is 0.0505. The van der Waals surface area contributed by atoms with Crippen molar-refractivity contribution in [2.24, 2.45) is 5.73 Å². The summed E-state index contributed by atoms with van der Waals surface area (Å²) in [6.07, 6.45) is 0. The van der Waals surface area contributed by atoms with E-state index in [1.165, 1.54) is 0 Å². The van der Waals surface area contributed by atoms with Gasteiger partial charge in [-0.2, -0.15) is 4.98 Å². The van der Waals surface area contributed by atoms with Gasteiger partial charge in [0.2, 0.25) is 11.7 Å². The Morgan fingerprint density at radius 1 is 1.44 bits per heavy atom. The van der Waals surface area contributed by atoms with E-state index in [2.05, 4.69) is 10.1 Å². The van der Waals surface area contributed by atoms with Crippen molar-refractivity contribution in [3.8, 4) is 17.1 Å². The predicted molar refractivity (Wildman–Crippen MR) is 68.4 cm³/mol. The molecule has 0 spiro atoms. The first-order valence-corrected chi connectivity index (χ1v) is 5.96. The number of benzene rings is 1. The molecule has 0 amide bonds. The van der Waals surface area contributed by atoms with Gasteiger partial charge in [0.1, 0.15) is 5.75 Å². The highest BCUT2D eigenvalue weighted by Gasteiger charge is 2.16. The molecule has 0 aliphatic heterocycles. The third kappa shape index (κ3) is 2.32. The van der Waals surface area contributed by atoms with Gasteiger partial charge in [0.05, 0.1) is 17.1 Å². The Hall–Kier alpha value is -1.59. The van der Waals surface area contributed by atoms with Crippen molar-refractivity contribution < 1.29 is 9.63 Å². The lowest BCUT2D eigenvalue weighted by molar-refractivity contribution is 0.380. The zero-order chi connectivity index (χ0) is 13.3. The second-order valence-electron chi connectivity index (χ2n) is 4.27. The van der Waals surface area contributed by atoms with Gasteiger partial charge in [-0.15, -0.1) is 0 Å². The van der Waals surface area contributed by atoms with Crippen LogP contribution >= 0.6 is 11.6 Å². The Morgan fingerprint density at radius 3 is 2.72 bits per heavy atom. The van der Waals surface area contributed by atoms with Crippen LogP contribution in [0.4, 0.5) is 0 Å². The topological polar surface area (TPSA) is 85.2 Å². The van der Waals surface area contributed by atoms with Gasteiger partial charge in [-0.1, -0.05) is 30.6 Å². The molecule has 2 aromatic rings. The molecule has 1 aromatic heterocycles. The number of hydrogen-bond donors (Lipinski definition) is 2. The van der Waals surface area contributed by atoms with Crippen molar-refractivity contribution in [2.75, 3.05) is 0 Å². The predicted octanol–water partition coefficient (Wildman–Crippen LogP) is 2.68. The first-order chi connectivity index (χ1) is 8.52. The number of phenols is 1. The summed E-state index contributed by atoms with van der Waals surface area (Å²) in [6, 6.07) is 3.53. The number of nitrogens with zero attached hydrogens (tertiary/aromatic N) is 2. The highest BCUT2D eigenvalue weighted by atomic mass is 35.5. The van der Waals surface area contributed by atoms with Crippen molar-refractivity contribution >= 4 is 11.6 Å². The van der Waals surface area contributed by atoms with Crippen LogP contribution in [0.1, 0.15) is 31.2 Å². The molecular formula is C12H14ClN3O2. The van der Waals surface area contributed by atoms with Crippen molar-refractivity contribution in [2.45, 2.75) is 26.3 Å². The maximum atomic E-state index is 9.95. The van der Waals surface area contributed by atoms with Crippen molar-refractivity contribution in [3.63, 3.8) is 0 Å². The van der Waals surface area contributed by atoms with E-state index < -0.39 is 0 Å². The molecule has 3 N–H and O–H groups in total. The molecule has 2 rings (SSSR count). The summed E-state index contributed by atoms with van der Waals surface area (Å²) in [7, 11) is 0. The van der Waals surface area contributed by atoms with Gasteiger partial charge in [0, 0.05) is 0 Å². The second-order valence-corrected chi connectivity index (χ2v) is 4.68. The van der Waals surface area contributed by atoms with Crippen LogP contribution < -0.4 is 5.73 Å². The lowest BCUT2D eigenvalue weighted by Gasteiger charge is -2.09. The van der Waals surface area contributed by atoms with E-state index in [1.54, 1.807) is 12.1 Å². The van der Waals surface area contributed by atoms with E-state index in [0.29, 0.717) is 11.5 Å². The number of rotatable bonds is 3. The third-order valence-electron chi connectivity index (χ3n) is 2.64. The van der Waals surface area contributed by atoms with Gasteiger partial charge in [0.25, 0.3) is 0 Å². The lowest BCUT2D eigenvalue weighted by Crippen LogP contribution is -1.96. The van der Waals surface area contributed by atoms with Gasteiger partial charge < -0.3 is 15.4 Å². The minimum atomic E-state index is -0.0505. The molecule has 1 aromatic carbocycles. The summed E-state index contributed by atoms with van der Waals surface area (Å²) < 4.78 is 4.92. The molecule has 6 heteroatoms. The number of nitrogens with two attached hydrogens (primary N) is 1. The monoisotopic (exact) mass is 267 g/mol. The molecule has 0 unspecified atom stereocenters. The molecule has 0 atom stereocenters. The zero-order valence-corrected chi connectivity index (χ0v) is 10.9. The molecule has 0 aliphatic rings. The molecule has 0 radical (unpaired) electrons. The van der Waals surface area contributed by atoms with Crippen LogP contribution in [0.3, 0.4) is 0 Å². The quantitative estimate of drug-likeness (QED) is 0.893. The average Bonchev–Trinajstić information content (AvgIpc) is 2.80. The van der Waals surface area contributed by atoms with Crippen molar-refractivity contribution in [1.29, 1.82) is 0 Å². The van der Waals surface area contributed by atoms with Crippen LogP contribution in [0.5, 0.6) is 5.75 Å². The Kier molecular flexibility index (Phi) is 3.54. The fourth-order valence-corrected chi connectivity index (χ4v) is 1.80. The first-order valence-electron chi connectivity index (χ1n) is 5.58. The molecule has 0 saturated carbocycles. The number of phenolic OH excluding ortho intramolecular Hbond substituents is 1. The highest BCUT2D eigenvalue weighted by molar-refractivity contribution is 6.32. The second kappa shape index (κ2) is 4.96. The van der Waals surface area contributed by atoms with E-state index in [0.717, 1.165) is 5.56 Å². The summed E-state index contributed by atoms with van der Waals surface area (Å²) in [5, 5.41) is 14.0. The molecule has 0 bridgehead atoms. The maximum absolute atomic E-state index is 9.95. The lowest BCUT2D eigenvalue weighted by atomic mass is 10.00. The van der Waals surface area contributed by atoms with Crippen LogP contribution in [0.25, 0.3) is 11.4 Å². The SMILES string of the molecule is CC(C)c1cc(Cl)c(O)c(-c2noc(CN)n2)c1. The van der Waals surface area contributed by atoms with Crippen molar-refractivity contribution in [3.05, 3.63) is 28.6 Å². The van der Waals surface area contributed by atoms with Crippen molar-refractivity contribution in [1.82, 2.24) is 10.1 Å². The summed E-state index contributed by atoms with van der Waals surface area (Å²) in [5.74, 6) is 0.834. The smallest absolute Gasteiger partial charge is 0.240 e. The number of halogens is 1. The van der Waals surface area contributed by atoms with Crippen LogP contribution in [0.15, 0.2) is 16.7 Å². The molecule has 5 nitrogen and oxygen atoms in total. The van der Waals surface area contributed by atoms with Gasteiger partial charge in [0.15, 0.2) is 0 Å². The zero-order valence-electron chi connectivity index (χ0n) is 10.1. The Balaban J connectivity index is 2.55. The van der Waals surface area contributed by atoms with Crippen LogP contribution in [-0.4, -0.2) is 15.2 Å². The largest absolute Gasteiger partial charge is 0.506 e. The molecular weight excluding hydrogens is 254 g/mol. The first kappa shape index (κ1) is 12.9. The van der Waals surface area contributed by atoms with Gasteiger partial charge >= 0.3 is 0 Å². The van der Waals surface area contributed by atoms with Gasteiger partial charge in [-0.3, -0.25) is 0 Å². The molecule has 1 heterocycles. The van der Waals surface area contributed by atoms with E-state index in [9.17, 15) is 5.11 Å². The summed E-state index contributed by atoms with van der Waals surface area (Å²) in [4.78, 5) is 4.08. The molecule has 18 heavy (non-hydrogen) atoms. The van der Waals surface area contributed by atoms with E-state index in [-0.39, 0.29) is 29.1 Å². The van der Waals surface area contributed by atoms with Crippen LogP contribution in [0, 0.1) is 0 Å². The number of aromatic nitrogens is 2. The number of aromatic hydroxyl groups is 1. The van der Waals surface area contributed by atoms with Gasteiger partial charge in [-0.25, -0.2) is 0 Å². The summed E-state index contributed by atoms with van der Waals surface area (Å²) in [6.45, 7) is 4.23. The Labute approximate surface area is 110 Å². The van der Waals surface area contributed by atoms with Crippen LogP contribution in [-0.2, 0) is 6.54 Å². The van der Waals surface area contributed by atoms with Crippen LogP contribution in [0.2, 0.25) is 5.02 Å². The fourth-order valence-electron chi connectivity index (χ4n) is 1.57. The van der Waals surface area contributed by atoms with E-state index in [4.69, 9.17) is 21.9 Å². The molecule has 0 saturated heterocycles. The average molecular weight is 268 g/mol. The fraction of sp³-hybridized carbons (Fsp3) is 0.333. The molecule has 96 valence electrons. The Bertz CT molecular complexity index is 566. The molecule has 0 aliphatic carbocycles. The standard InChI is InChI=1S/C12H14ClN3O2/c1-6(2)7-3-8(11(17)9(13)4-7)12-15-10(5-14)18-16-12/h3-4,6,17H,5,14H2,1-2H3. The minimum Gasteiger partial charge on any atom is -0.506 e. The van der Waals surface area contributed by atoms with E-state index in [1.807, 2.05) is 13.8 Å².